The lowest BCUT2D eigenvalue weighted by Gasteiger charge is -2.19. The molecule has 0 radical (unpaired) electrons. The van der Waals surface area contributed by atoms with Gasteiger partial charge in [0.15, 0.2) is 0 Å². The summed E-state index contributed by atoms with van der Waals surface area (Å²) in [5, 5.41) is 2.96. The third-order valence-electron chi connectivity index (χ3n) is 3.07. The van der Waals surface area contributed by atoms with Crippen molar-refractivity contribution < 1.29 is 8.78 Å². The van der Waals surface area contributed by atoms with Gasteiger partial charge >= 0.3 is 0 Å². The Balaban J connectivity index is 2.46. The van der Waals surface area contributed by atoms with Crippen LogP contribution in [0, 0.1) is 11.6 Å². The van der Waals surface area contributed by atoms with Gasteiger partial charge in [-0.3, -0.25) is 0 Å². The first-order valence-electron chi connectivity index (χ1n) is 6.39. The molecule has 0 aliphatic heterocycles. The van der Waals surface area contributed by atoms with E-state index in [9.17, 15) is 8.78 Å². The Bertz CT molecular complexity index is 598. The molecule has 1 atom stereocenters. The molecule has 0 saturated heterocycles. The van der Waals surface area contributed by atoms with Crippen molar-refractivity contribution in [1.82, 2.24) is 14.9 Å². The summed E-state index contributed by atoms with van der Waals surface area (Å²) in [4.78, 5) is 4.22. The highest BCUT2D eigenvalue weighted by atomic mass is 35.5. The second kappa shape index (κ2) is 6.33. The normalized spacial score (nSPS) is 12.7. The van der Waals surface area contributed by atoms with Crippen molar-refractivity contribution in [1.29, 1.82) is 0 Å². The maximum Gasteiger partial charge on any atom is 0.142 e. The minimum absolute atomic E-state index is 0.203. The summed E-state index contributed by atoms with van der Waals surface area (Å²) < 4.78 is 29.5. The number of nitrogens with one attached hydrogen (secondary N) is 1. The van der Waals surface area contributed by atoms with Crippen molar-refractivity contribution in [2.24, 2.45) is 7.05 Å². The molecule has 0 saturated carbocycles. The number of hydrogen-bond donors (Lipinski definition) is 1. The number of nitrogens with zero attached hydrogens (tertiary/aromatic N) is 2. The summed E-state index contributed by atoms with van der Waals surface area (Å²) in [6.07, 6.45) is 4.26. The smallest absolute Gasteiger partial charge is 0.142 e. The fourth-order valence-corrected chi connectivity index (χ4v) is 2.19. The van der Waals surface area contributed by atoms with Crippen LogP contribution in [0.3, 0.4) is 0 Å². The molecule has 0 aliphatic rings. The summed E-state index contributed by atoms with van der Waals surface area (Å²) in [5.74, 6) is -0.562. The first-order chi connectivity index (χ1) is 9.54. The third-order valence-corrected chi connectivity index (χ3v) is 3.36. The first-order valence-corrected chi connectivity index (χ1v) is 6.77. The average molecular weight is 300 g/mol. The molecule has 0 spiro atoms. The van der Waals surface area contributed by atoms with Gasteiger partial charge in [0.1, 0.15) is 17.5 Å². The van der Waals surface area contributed by atoms with E-state index in [4.69, 9.17) is 11.6 Å². The summed E-state index contributed by atoms with van der Waals surface area (Å²) in [6, 6.07) is 1.61. The van der Waals surface area contributed by atoms with Crippen molar-refractivity contribution in [3.05, 3.63) is 52.6 Å². The highest BCUT2D eigenvalue weighted by Crippen LogP contribution is 2.27. The number of halogens is 3. The van der Waals surface area contributed by atoms with E-state index in [1.54, 1.807) is 17.0 Å². The molecule has 3 nitrogen and oxygen atoms in total. The summed E-state index contributed by atoms with van der Waals surface area (Å²) in [7, 11) is 1.81. The highest BCUT2D eigenvalue weighted by Gasteiger charge is 2.22. The van der Waals surface area contributed by atoms with Crippen LogP contribution in [0.15, 0.2) is 24.5 Å². The Labute approximate surface area is 121 Å². The minimum Gasteiger partial charge on any atom is -0.336 e. The molecule has 20 heavy (non-hydrogen) atoms. The second-order valence-electron chi connectivity index (χ2n) is 4.57. The van der Waals surface area contributed by atoms with Gasteiger partial charge in [-0.2, -0.15) is 0 Å². The number of imidazole rings is 1. The second-order valence-corrected chi connectivity index (χ2v) is 4.98. The maximum atomic E-state index is 14.1. The lowest BCUT2D eigenvalue weighted by atomic mass is 10.0. The minimum atomic E-state index is -0.638. The number of aryl methyl sites for hydroxylation is 1. The van der Waals surface area contributed by atoms with Crippen LogP contribution in [-0.4, -0.2) is 16.1 Å². The highest BCUT2D eigenvalue weighted by molar-refractivity contribution is 6.30. The molecule has 108 valence electrons. The van der Waals surface area contributed by atoms with Crippen molar-refractivity contribution in [2.45, 2.75) is 19.4 Å². The zero-order valence-corrected chi connectivity index (χ0v) is 12.1. The van der Waals surface area contributed by atoms with Gasteiger partial charge in [-0.15, -0.1) is 0 Å². The van der Waals surface area contributed by atoms with E-state index in [-0.39, 0.29) is 10.6 Å². The lowest BCUT2D eigenvalue weighted by molar-refractivity contribution is 0.512. The molecule has 6 heteroatoms. The van der Waals surface area contributed by atoms with E-state index in [2.05, 4.69) is 10.3 Å². The molecule has 2 rings (SSSR count). The van der Waals surface area contributed by atoms with Crippen LogP contribution in [0.25, 0.3) is 0 Å². The van der Waals surface area contributed by atoms with Gasteiger partial charge in [-0.05, 0) is 25.1 Å². The predicted molar refractivity (Wildman–Crippen MR) is 74.7 cm³/mol. The number of rotatable bonds is 5. The molecular weight excluding hydrogens is 284 g/mol. The Morgan fingerprint density at radius 1 is 1.35 bits per heavy atom. The van der Waals surface area contributed by atoms with Crippen LogP contribution in [0.1, 0.15) is 30.8 Å². The maximum absolute atomic E-state index is 14.1. The molecule has 1 N–H and O–H groups in total. The van der Waals surface area contributed by atoms with Crippen molar-refractivity contribution in [2.75, 3.05) is 6.54 Å². The van der Waals surface area contributed by atoms with Crippen molar-refractivity contribution in [3.63, 3.8) is 0 Å². The Hall–Kier alpha value is -1.46. The van der Waals surface area contributed by atoms with Crippen LogP contribution in [0.4, 0.5) is 8.78 Å². The van der Waals surface area contributed by atoms with E-state index >= 15 is 0 Å². The molecule has 1 aromatic carbocycles. The van der Waals surface area contributed by atoms with Gasteiger partial charge in [0.05, 0.1) is 11.1 Å². The summed E-state index contributed by atoms with van der Waals surface area (Å²) in [5.41, 5.74) is 0.203. The fourth-order valence-electron chi connectivity index (χ4n) is 2.04. The number of hydrogen-bond acceptors (Lipinski definition) is 2. The molecule has 2 aromatic rings. The molecule has 0 bridgehead atoms. The van der Waals surface area contributed by atoms with E-state index in [1.165, 1.54) is 0 Å². The van der Waals surface area contributed by atoms with Crippen LogP contribution in [-0.2, 0) is 7.05 Å². The van der Waals surface area contributed by atoms with Crippen LogP contribution < -0.4 is 5.32 Å². The first kappa shape index (κ1) is 14.9. The lowest BCUT2D eigenvalue weighted by Crippen LogP contribution is -2.26. The molecular formula is C14H16ClF2N3. The zero-order chi connectivity index (χ0) is 14.7. The van der Waals surface area contributed by atoms with Gasteiger partial charge in [-0.25, -0.2) is 13.8 Å². The zero-order valence-electron chi connectivity index (χ0n) is 11.3. The van der Waals surface area contributed by atoms with E-state index in [1.807, 2.05) is 14.0 Å². The standard InChI is InChI=1S/C14H16ClF2N3/c1-3-4-18-13(14-19-5-6-20(14)2)9-7-12(17)10(15)8-11(9)16/h5-8,13,18H,3-4H2,1-2H3. The molecule has 0 aliphatic carbocycles. The van der Waals surface area contributed by atoms with E-state index in [0.717, 1.165) is 18.6 Å². The fraction of sp³-hybridized carbons (Fsp3) is 0.357. The molecule has 1 unspecified atom stereocenters. The van der Waals surface area contributed by atoms with Crippen LogP contribution >= 0.6 is 11.6 Å². The van der Waals surface area contributed by atoms with Gasteiger partial charge in [-0.1, -0.05) is 18.5 Å². The molecule has 0 fully saturated rings. The molecule has 0 amide bonds. The van der Waals surface area contributed by atoms with E-state index in [0.29, 0.717) is 12.4 Å². The van der Waals surface area contributed by atoms with Gasteiger partial charge in [0, 0.05) is 25.0 Å². The largest absolute Gasteiger partial charge is 0.336 e. The summed E-state index contributed by atoms with van der Waals surface area (Å²) in [6.45, 7) is 2.67. The van der Waals surface area contributed by atoms with Crippen LogP contribution in [0.5, 0.6) is 0 Å². The predicted octanol–water partition coefficient (Wildman–Crippen LogP) is 3.44. The SMILES string of the molecule is CCCNC(c1cc(F)c(Cl)cc1F)c1nccn1C. The van der Waals surface area contributed by atoms with Crippen molar-refractivity contribution in [3.8, 4) is 0 Å². The Morgan fingerprint density at radius 2 is 2.10 bits per heavy atom. The van der Waals surface area contributed by atoms with Gasteiger partial charge in [0.2, 0.25) is 0 Å². The monoisotopic (exact) mass is 299 g/mol. The Morgan fingerprint density at radius 3 is 2.70 bits per heavy atom. The van der Waals surface area contributed by atoms with Gasteiger partial charge < -0.3 is 9.88 Å². The topological polar surface area (TPSA) is 29.9 Å². The number of aromatic nitrogens is 2. The number of benzene rings is 1. The van der Waals surface area contributed by atoms with E-state index < -0.39 is 17.7 Å². The quantitative estimate of drug-likeness (QED) is 0.857. The third kappa shape index (κ3) is 2.99. The summed E-state index contributed by atoms with van der Waals surface area (Å²) >= 11 is 5.59. The average Bonchev–Trinajstić information content (AvgIpc) is 2.82. The van der Waals surface area contributed by atoms with Crippen LogP contribution in [0.2, 0.25) is 5.02 Å². The molecule has 1 heterocycles. The van der Waals surface area contributed by atoms with Crippen molar-refractivity contribution >= 4 is 11.6 Å². The Kier molecular flexibility index (Phi) is 4.73. The van der Waals surface area contributed by atoms with Gasteiger partial charge in [0.25, 0.3) is 0 Å². The molecule has 1 aromatic heterocycles.